The predicted molar refractivity (Wildman–Crippen MR) is 143 cm³/mol. The van der Waals surface area contributed by atoms with Crippen LogP contribution in [-0.2, 0) is 23.1 Å². The summed E-state index contributed by atoms with van der Waals surface area (Å²) in [4.78, 5) is 25.4. The van der Waals surface area contributed by atoms with E-state index in [0.717, 1.165) is 37.3 Å². The molecule has 1 N–H and O–H groups in total. The first-order valence-electron chi connectivity index (χ1n) is 11.5. The number of halogens is 1. The molecule has 0 aliphatic heterocycles. The van der Waals surface area contributed by atoms with Gasteiger partial charge in [-0.05, 0) is 61.7 Å². The van der Waals surface area contributed by atoms with Crippen molar-refractivity contribution in [2.75, 3.05) is 6.61 Å². The lowest BCUT2D eigenvalue weighted by atomic mass is 9.96. The van der Waals surface area contributed by atoms with Gasteiger partial charge in [0.2, 0.25) is 0 Å². The quantitative estimate of drug-likeness (QED) is 0.280. The first kappa shape index (κ1) is 24.8. The van der Waals surface area contributed by atoms with Gasteiger partial charge in [0.05, 0.1) is 29.9 Å². The second-order valence-corrected chi connectivity index (χ2v) is 10.2. The third kappa shape index (κ3) is 5.05. The first-order valence-corrected chi connectivity index (χ1v) is 12.3. The number of nitrogens with one attached hydrogen (secondary N) is 1. The molecule has 6 nitrogen and oxygen atoms in total. The van der Waals surface area contributed by atoms with E-state index in [1.807, 2.05) is 41.9 Å². The lowest BCUT2D eigenvalue weighted by Crippen LogP contribution is -2.33. The third-order valence-electron chi connectivity index (χ3n) is 5.77. The molecule has 1 amide bonds. The minimum Gasteiger partial charge on any atom is -0.462 e. The molecule has 182 valence electrons. The highest BCUT2D eigenvalue weighted by Crippen LogP contribution is 2.39. The number of rotatable bonds is 5. The number of benzene rings is 3. The van der Waals surface area contributed by atoms with Crippen molar-refractivity contribution in [2.45, 2.75) is 39.8 Å². The normalized spacial score (nSPS) is 11.6. The van der Waals surface area contributed by atoms with Crippen molar-refractivity contribution >= 4 is 49.7 Å². The lowest BCUT2D eigenvalue weighted by Gasteiger charge is -2.20. The molecule has 0 atom stereocenters. The van der Waals surface area contributed by atoms with Gasteiger partial charge in [-0.25, -0.2) is 9.59 Å². The van der Waals surface area contributed by atoms with Gasteiger partial charge >= 0.3 is 12.1 Å². The van der Waals surface area contributed by atoms with Crippen LogP contribution in [0.5, 0.6) is 0 Å². The van der Waals surface area contributed by atoms with E-state index in [9.17, 15) is 9.59 Å². The second-order valence-electron chi connectivity index (χ2n) is 9.33. The fourth-order valence-corrected chi connectivity index (χ4v) is 4.83. The van der Waals surface area contributed by atoms with E-state index in [1.54, 1.807) is 27.7 Å². The molecule has 3 aromatic carbocycles. The molecule has 0 aliphatic rings. The average molecular weight is 537 g/mol. The van der Waals surface area contributed by atoms with Gasteiger partial charge in [0.1, 0.15) is 5.60 Å². The van der Waals surface area contributed by atoms with Gasteiger partial charge in [-0.2, -0.15) is 0 Å². The summed E-state index contributed by atoms with van der Waals surface area (Å²) in [7, 11) is 1.88. The Morgan fingerprint density at radius 1 is 1.00 bits per heavy atom. The number of aryl methyl sites for hydroxylation is 1. The number of hydrogen-bond acceptors (Lipinski definition) is 4. The summed E-state index contributed by atoms with van der Waals surface area (Å²) in [6.45, 7) is 7.56. The number of alkyl carbamates (subject to hydrolysis) is 1. The Hall–Kier alpha value is -3.32. The molecule has 0 saturated carbocycles. The van der Waals surface area contributed by atoms with Gasteiger partial charge in [0.25, 0.3) is 0 Å². The first-order chi connectivity index (χ1) is 16.6. The highest BCUT2D eigenvalue weighted by atomic mass is 79.9. The van der Waals surface area contributed by atoms with Gasteiger partial charge in [-0.3, -0.25) is 0 Å². The Balaban J connectivity index is 1.87. The summed E-state index contributed by atoms with van der Waals surface area (Å²) in [6, 6.07) is 18.4. The zero-order valence-corrected chi connectivity index (χ0v) is 22.2. The van der Waals surface area contributed by atoms with Crippen molar-refractivity contribution in [1.29, 1.82) is 0 Å². The van der Waals surface area contributed by atoms with Crippen molar-refractivity contribution < 1.29 is 19.1 Å². The molecule has 0 saturated heterocycles. The fourth-order valence-electron chi connectivity index (χ4n) is 4.28. The lowest BCUT2D eigenvalue weighted by molar-refractivity contribution is 0.0502. The molecular weight excluding hydrogens is 508 g/mol. The van der Waals surface area contributed by atoms with Crippen LogP contribution in [0.3, 0.4) is 0 Å². The van der Waals surface area contributed by atoms with E-state index in [4.69, 9.17) is 9.47 Å². The topological polar surface area (TPSA) is 69.6 Å². The van der Waals surface area contributed by atoms with Gasteiger partial charge in [-0.15, -0.1) is 0 Å². The molecule has 0 radical (unpaired) electrons. The van der Waals surface area contributed by atoms with Gasteiger partial charge in [-0.1, -0.05) is 58.4 Å². The highest BCUT2D eigenvalue weighted by molar-refractivity contribution is 9.10. The number of carbonyl (C=O) groups excluding carboxylic acids is 2. The maximum Gasteiger partial charge on any atom is 0.407 e. The molecule has 4 rings (SSSR count). The van der Waals surface area contributed by atoms with Crippen molar-refractivity contribution in [1.82, 2.24) is 9.88 Å². The molecule has 0 spiro atoms. The maximum atomic E-state index is 13.1. The van der Waals surface area contributed by atoms with E-state index < -0.39 is 17.7 Å². The smallest absolute Gasteiger partial charge is 0.407 e. The summed E-state index contributed by atoms with van der Waals surface area (Å²) in [5, 5.41) is 5.80. The number of esters is 1. The monoisotopic (exact) mass is 536 g/mol. The zero-order valence-electron chi connectivity index (χ0n) is 20.6. The summed E-state index contributed by atoms with van der Waals surface area (Å²) in [6.07, 6.45) is -0.546. The molecule has 7 heteroatoms. The SMILES string of the molecule is CCOC(=O)c1c(CNC(=O)OC(C)(C)C)n(C)c2cc(Br)c(-c3cccc4ccccc34)cc12. The minimum absolute atomic E-state index is 0.120. The van der Waals surface area contributed by atoms with Crippen LogP contribution in [0.25, 0.3) is 32.8 Å². The third-order valence-corrected chi connectivity index (χ3v) is 6.42. The van der Waals surface area contributed by atoms with Crippen LogP contribution in [0, 0.1) is 0 Å². The standard InChI is InChI=1S/C28H29BrN2O4/c1-6-34-26(32)25-21-14-20(19-13-9-11-17-10-7-8-12-18(17)19)22(29)15-23(21)31(5)24(25)16-30-27(33)35-28(2,3)4/h7-15H,6,16H2,1-5H3,(H,30,33). The number of hydrogen-bond donors (Lipinski definition) is 1. The number of amides is 1. The summed E-state index contributed by atoms with van der Waals surface area (Å²) in [5.74, 6) is -0.426. The molecule has 0 bridgehead atoms. The molecule has 0 fully saturated rings. The van der Waals surface area contributed by atoms with Crippen LogP contribution >= 0.6 is 15.9 Å². The van der Waals surface area contributed by atoms with E-state index in [0.29, 0.717) is 11.3 Å². The van der Waals surface area contributed by atoms with E-state index in [2.05, 4.69) is 45.5 Å². The van der Waals surface area contributed by atoms with Crippen molar-refractivity contribution in [2.24, 2.45) is 7.05 Å². The fraction of sp³-hybridized carbons (Fsp3) is 0.286. The van der Waals surface area contributed by atoms with E-state index in [1.165, 1.54) is 0 Å². The molecule has 35 heavy (non-hydrogen) atoms. The molecule has 4 aromatic rings. The maximum absolute atomic E-state index is 13.1. The van der Waals surface area contributed by atoms with Gasteiger partial charge in [0.15, 0.2) is 0 Å². The van der Waals surface area contributed by atoms with Crippen molar-refractivity contribution in [3.8, 4) is 11.1 Å². The van der Waals surface area contributed by atoms with Crippen LogP contribution in [0.1, 0.15) is 43.7 Å². The Labute approximate surface area is 213 Å². The molecular formula is C28H29BrN2O4. The van der Waals surface area contributed by atoms with Crippen LogP contribution in [0.15, 0.2) is 59.1 Å². The van der Waals surface area contributed by atoms with Gasteiger partial charge < -0.3 is 19.4 Å². The summed E-state index contributed by atoms with van der Waals surface area (Å²) in [5.41, 5.74) is 3.34. The number of carbonyl (C=O) groups is 2. The van der Waals surface area contributed by atoms with E-state index in [-0.39, 0.29) is 13.2 Å². The second kappa shape index (κ2) is 9.74. The Morgan fingerprint density at radius 3 is 2.43 bits per heavy atom. The molecule has 0 unspecified atom stereocenters. The zero-order chi connectivity index (χ0) is 25.3. The van der Waals surface area contributed by atoms with Crippen LogP contribution in [-0.4, -0.2) is 28.8 Å². The summed E-state index contributed by atoms with van der Waals surface area (Å²) < 4.78 is 13.6. The largest absolute Gasteiger partial charge is 0.462 e. The van der Waals surface area contributed by atoms with Crippen LogP contribution in [0.2, 0.25) is 0 Å². The molecule has 1 heterocycles. The number of ether oxygens (including phenoxy) is 2. The minimum atomic E-state index is -0.620. The van der Waals surface area contributed by atoms with Gasteiger partial charge in [0, 0.05) is 16.9 Å². The van der Waals surface area contributed by atoms with Crippen LogP contribution < -0.4 is 5.32 Å². The highest BCUT2D eigenvalue weighted by Gasteiger charge is 2.25. The number of aromatic nitrogens is 1. The number of fused-ring (bicyclic) bond motifs is 2. The molecule has 1 aromatic heterocycles. The molecule has 0 aliphatic carbocycles. The summed E-state index contributed by atoms with van der Waals surface area (Å²) >= 11 is 3.75. The predicted octanol–water partition coefficient (Wildman–Crippen LogP) is 6.96. The Kier molecular flexibility index (Phi) is 6.90. The van der Waals surface area contributed by atoms with Crippen LogP contribution in [0.4, 0.5) is 4.79 Å². The Morgan fingerprint density at radius 2 is 1.71 bits per heavy atom. The Bertz CT molecular complexity index is 1430. The average Bonchev–Trinajstić information content (AvgIpc) is 3.06. The number of nitrogens with zero attached hydrogens (tertiary/aromatic N) is 1. The van der Waals surface area contributed by atoms with Crippen molar-refractivity contribution in [3.63, 3.8) is 0 Å². The van der Waals surface area contributed by atoms with Crippen molar-refractivity contribution in [3.05, 3.63) is 70.3 Å². The van der Waals surface area contributed by atoms with E-state index >= 15 is 0 Å².